The number of aromatic nitrogens is 4. The number of nitrogens with zero attached hydrogens (tertiary/aromatic N) is 4. The van der Waals surface area contributed by atoms with Crippen LogP contribution in [0.25, 0.3) is 70.1 Å². The van der Waals surface area contributed by atoms with Crippen LogP contribution in [0.3, 0.4) is 0 Å². The normalized spacial score (nSPS) is 14.9. The molecule has 0 radical (unpaired) electrons. The first-order valence-corrected chi connectivity index (χ1v) is 29.0. The summed E-state index contributed by atoms with van der Waals surface area (Å²) in [7, 11) is 0. The summed E-state index contributed by atoms with van der Waals surface area (Å²) < 4.78 is 20.8. The molecule has 0 amide bonds. The molecule has 4 aromatic heterocycles. The van der Waals surface area contributed by atoms with Gasteiger partial charge in [0.25, 0.3) is 0 Å². The summed E-state index contributed by atoms with van der Waals surface area (Å²) in [5.41, 5.74) is 24.3. The molecule has 66 heavy (non-hydrogen) atoms. The highest BCUT2D eigenvalue weighted by molar-refractivity contribution is 7.24. The van der Waals surface area contributed by atoms with E-state index >= 15 is 0 Å². The highest BCUT2D eigenvalue weighted by atomic mass is 32.1. The van der Waals surface area contributed by atoms with Crippen molar-refractivity contribution in [3.63, 3.8) is 0 Å². The Kier molecular flexibility index (Phi) is 13.4. The SMILES string of the molecule is CCCCCCC1(CCCCCC)c2cc3c(cc2-c2c1cc(C)c1nsnc21)C(CCCCCC)(CCCCCC)c1cc(-c2cc4c(s2)-c2sc(C)cc2C4=C(C)C)c2nsnc2c1-3. The average Bonchev–Trinajstić information content (AvgIpc) is 4.18. The van der Waals surface area contributed by atoms with Crippen molar-refractivity contribution in [2.24, 2.45) is 0 Å². The van der Waals surface area contributed by atoms with E-state index in [2.05, 4.69) is 91.8 Å². The summed E-state index contributed by atoms with van der Waals surface area (Å²) in [6.07, 6.45) is 24.9. The Labute approximate surface area is 411 Å². The summed E-state index contributed by atoms with van der Waals surface area (Å²) in [5, 5.41) is 0. The zero-order valence-electron chi connectivity index (χ0n) is 41.0. The maximum Gasteiger partial charge on any atom is 0.114 e. The molecule has 8 heteroatoms. The number of allylic oxidation sites excluding steroid dienone is 1. The van der Waals surface area contributed by atoms with E-state index in [9.17, 15) is 0 Å². The van der Waals surface area contributed by atoms with Gasteiger partial charge in [0.1, 0.15) is 22.1 Å². The van der Waals surface area contributed by atoms with E-state index in [0.29, 0.717) is 0 Å². The Balaban J connectivity index is 1.24. The van der Waals surface area contributed by atoms with Crippen LogP contribution >= 0.6 is 46.1 Å². The molecule has 0 N–H and O–H groups in total. The summed E-state index contributed by atoms with van der Waals surface area (Å²) >= 11 is 6.75. The topological polar surface area (TPSA) is 51.6 Å². The van der Waals surface area contributed by atoms with Gasteiger partial charge in [-0.15, -0.1) is 22.7 Å². The molecule has 0 fully saturated rings. The number of thiophene rings is 2. The van der Waals surface area contributed by atoms with Crippen LogP contribution in [0.4, 0.5) is 0 Å². The second kappa shape index (κ2) is 19.1. The Morgan fingerprint density at radius 1 is 0.439 bits per heavy atom. The third-order valence-electron chi connectivity index (χ3n) is 16.0. The van der Waals surface area contributed by atoms with E-state index in [-0.39, 0.29) is 10.8 Å². The zero-order chi connectivity index (χ0) is 45.7. The number of rotatable bonds is 21. The first-order valence-electron chi connectivity index (χ1n) is 25.9. The molecule has 346 valence electrons. The summed E-state index contributed by atoms with van der Waals surface area (Å²) in [4.78, 5) is 5.60. The molecule has 3 aliphatic carbocycles. The number of hydrogen-bond acceptors (Lipinski definition) is 8. The molecule has 0 spiro atoms. The molecule has 7 aromatic rings. The van der Waals surface area contributed by atoms with Crippen LogP contribution in [0, 0.1) is 13.8 Å². The number of hydrogen-bond donors (Lipinski definition) is 0. The molecule has 4 heterocycles. The van der Waals surface area contributed by atoms with Crippen LogP contribution in [0.2, 0.25) is 0 Å². The number of aryl methyl sites for hydroxylation is 2. The van der Waals surface area contributed by atoms with Crippen LogP contribution < -0.4 is 0 Å². The van der Waals surface area contributed by atoms with Gasteiger partial charge in [-0.3, -0.25) is 0 Å². The van der Waals surface area contributed by atoms with Crippen LogP contribution in [0.1, 0.15) is 214 Å². The lowest BCUT2D eigenvalue weighted by Crippen LogP contribution is -2.27. The average molecular weight is 951 g/mol. The van der Waals surface area contributed by atoms with Crippen molar-refractivity contribution >= 4 is 73.8 Å². The monoisotopic (exact) mass is 950 g/mol. The lowest BCUT2D eigenvalue weighted by Gasteiger charge is -2.35. The minimum Gasteiger partial charge on any atom is -0.173 e. The molecule has 0 bridgehead atoms. The largest absolute Gasteiger partial charge is 0.173 e. The first-order chi connectivity index (χ1) is 32.2. The standard InChI is InChI=1S/C58H70N4S4/c1-9-13-17-21-25-57(26-22-18-14-10-2)43-32-39-44(31-38(43)49-45(57)29-36(7)51-53(49)61-65-59-51)58(27-23-19-15-11-3,28-24-20-16-12-4)46-33-40(52-54(50(39)46)62-66-60-52)47-34-42-48(35(5)6)41-30-37(8)63-55(41)56(42)64-47/h29-34H,9-28H2,1-8H3. The van der Waals surface area contributed by atoms with Gasteiger partial charge in [-0.25, -0.2) is 0 Å². The minimum absolute atomic E-state index is 0.0596. The summed E-state index contributed by atoms with van der Waals surface area (Å²) in [5.74, 6) is 0. The van der Waals surface area contributed by atoms with Gasteiger partial charge >= 0.3 is 0 Å². The summed E-state index contributed by atoms with van der Waals surface area (Å²) in [6, 6.07) is 15.7. The smallest absolute Gasteiger partial charge is 0.114 e. The van der Waals surface area contributed by atoms with Crippen molar-refractivity contribution in [3.8, 4) is 42.4 Å². The molecule has 3 aromatic carbocycles. The van der Waals surface area contributed by atoms with Crippen LogP contribution in [-0.4, -0.2) is 17.5 Å². The predicted molar refractivity (Wildman–Crippen MR) is 289 cm³/mol. The fourth-order valence-corrected chi connectivity index (χ4v) is 16.3. The molecule has 0 unspecified atom stereocenters. The van der Waals surface area contributed by atoms with Gasteiger partial charge < -0.3 is 0 Å². The maximum absolute atomic E-state index is 5.37. The molecule has 0 aliphatic heterocycles. The quantitative estimate of drug-likeness (QED) is 0.0674. The van der Waals surface area contributed by atoms with Gasteiger partial charge in [0.2, 0.25) is 0 Å². The van der Waals surface area contributed by atoms with Gasteiger partial charge in [-0.05, 0) is 128 Å². The van der Waals surface area contributed by atoms with Crippen molar-refractivity contribution in [1.82, 2.24) is 17.5 Å². The van der Waals surface area contributed by atoms with Crippen LogP contribution in [-0.2, 0) is 10.8 Å². The summed E-state index contributed by atoms with van der Waals surface area (Å²) in [6.45, 7) is 18.5. The lowest BCUT2D eigenvalue weighted by atomic mass is 9.68. The molecule has 0 atom stereocenters. The van der Waals surface area contributed by atoms with E-state index in [1.165, 1.54) is 225 Å². The van der Waals surface area contributed by atoms with Crippen LogP contribution in [0.15, 0.2) is 42.0 Å². The number of unbranched alkanes of at least 4 members (excludes halogenated alkanes) is 12. The predicted octanol–water partition coefficient (Wildman–Crippen LogP) is 19.3. The Morgan fingerprint density at radius 2 is 0.879 bits per heavy atom. The minimum atomic E-state index is -0.116. The highest BCUT2D eigenvalue weighted by Crippen LogP contribution is 2.64. The van der Waals surface area contributed by atoms with E-state index in [1.54, 1.807) is 11.1 Å². The van der Waals surface area contributed by atoms with Gasteiger partial charge in [0.05, 0.1) is 33.2 Å². The van der Waals surface area contributed by atoms with Crippen molar-refractivity contribution in [2.45, 2.75) is 195 Å². The second-order valence-corrected chi connectivity index (χ2v) is 23.9. The Bertz CT molecular complexity index is 2920. The zero-order valence-corrected chi connectivity index (χ0v) is 44.3. The van der Waals surface area contributed by atoms with E-state index in [0.717, 1.165) is 34.9 Å². The Morgan fingerprint density at radius 3 is 1.39 bits per heavy atom. The third-order valence-corrected chi connectivity index (χ3v) is 19.4. The highest BCUT2D eigenvalue weighted by Gasteiger charge is 2.50. The molecular formula is C58H70N4S4. The van der Waals surface area contributed by atoms with Crippen molar-refractivity contribution in [3.05, 3.63) is 85.8 Å². The second-order valence-electron chi connectivity index (χ2n) is 20.6. The van der Waals surface area contributed by atoms with Gasteiger partial charge in [0.15, 0.2) is 0 Å². The molecule has 3 aliphatic rings. The van der Waals surface area contributed by atoms with Gasteiger partial charge in [0, 0.05) is 48.4 Å². The maximum atomic E-state index is 5.37. The van der Waals surface area contributed by atoms with Gasteiger partial charge in [-0.1, -0.05) is 142 Å². The van der Waals surface area contributed by atoms with E-state index in [4.69, 9.17) is 17.5 Å². The molecule has 10 rings (SSSR count). The molecule has 4 nitrogen and oxygen atoms in total. The molecular weight excluding hydrogens is 881 g/mol. The van der Waals surface area contributed by atoms with Gasteiger partial charge in [-0.2, -0.15) is 17.5 Å². The Hall–Kier alpha value is -3.56. The fourth-order valence-electron chi connectivity index (χ4n) is 12.8. The number of fused-ring (bicyclic) bond motifs is 13. The van der Waals surface area contributed by atoms with Crippen molar-refractivity contribution in [2.75, 3.05) is 0 Å². The third kappa shape index (κ3) is 7.53. The van der Waals surface area contributed by atoms with E-state index < -0.39 is 0 Å². The lowest BCUT2D eigenvalue weighted by molar-refractivity contribution is 0.397. The van der Waals surface area contributed by atoms with E-state index in [1.807, 2.05) is 22.7 Å². The molecule has 0 saturated heterocycles. The van der Waals surface area contributed by atoms with Crippen molar-refractivity contribution < 1.29 is 0 Å². The number of benzene rings is 3. The first kappa shape index (κ1) is 46.2. The fraction of sp³-hybridized carbons (Fsp3) is 0.517. The van der Waals surface area contributed by atoms with Crippen LogP contribution in [0.5, 0.6) is 0 Å². The molecule has 0 saturated carbocycles. The van der Waals surface area contributed by atoms with Crippen molar-refractivity contribution in [1.29, 1.82) is 0 Å².